The van der Waals surface area contributed by atoms with Crippen molar-refractivity contribution in [2.75, 3.05) is 33.4 Å². The van der Waals surface area contributed by atoms with E-state index in [0.29, 0.717) is 42.3 Å². The first-order valence-corrected chi connectivity index (χ1v) is 11.6. The molecule has 9 heteroatoms. The summed E-state index contributed by atoms with van der Waals surface area (Å²) in [5.74, 6) is 0.0718. The van der Waals surface area contributed by atoms with Crippen LogP contribution in [0.5, 0.6) is 5.75 Å². The summed E-state index contributed by atoms with van der Waals surface area (Å²) in [6.45, 7) is 3.65. The van der Waals surface area contributed by atoms with E-state index in [-0.39, 0.29) is 15.8 Å². The minimum atomic E-state index is -0.404. The second kappa shape index (κ2) is 9.53. The topological polar surface area (TPSA) is 84.6 Å². The number of para-hydroxylation sites is 2. The number of nitriles is 1. The molecule has 32 heavy (non-hydrogen) atoms. The number of morpholine rings is 1. The molecule has 0 N–H and O–H groups in total. The third kappa shape index (κ3) is 4.25. The molecule has 4 rings (SSSR count). The van der Waals surface area contributed by atoms with E-state index in [0.717, 1.165) is 21.1 Å². The number of aryl methyl sites for hydroxylation is 1. The molecule has 1 aliphatic rings. The number of carbonyl (C=O) groups is 1. The highest BCUT2D eigenvalue weighted by Crippen LogP contribution is 2.20. The Balaban J connectivity index is 2.02. The number of rotatable bonds is 4. The zero-order valence-corrected chi connectivity index (χ0v) is 19.3. The number of methoxy groups -OCH3 is 1. The van der Waals surface area contributed by atoms with Crippen LogP contribution in [0.15, 0.2) is 41.2 Å². The molecule has 2 aromatic heterocycles. The Morgan fingerprint density at radius 2 is 1.94 bits per heavy atom. The molecule has 1 aromatic carbocycles. The number of thiazole rings is 1. The van der Waals surface area contributed by atoms with Crippen molar-refractivity contribution in [1.29, 1.82) is 5.26 Å². The molecule has 1 fully saturated rings. The van der Waals surface area contributed by atoms with Crippen molar-refractivity contribution in [1.82, 2.24) is 9.47 Å². The minimum absolute atomic E-state index is 0.0677. The number of aromatic nitrogens is 1. The lowest BCUT2D eigenvalue weighted by Gasteiger charge is -2.26. The summed E-state index contributed by atoms with van der Waals surface area (Å²) >= 11 is 2.71. The first kappa shape index (κ1) is 22.0. The molecular weight excluding hydrogens is 446 g/mol. The van der Waals surface area contributed by atoms with E-state index in [1.54, 1.807) is 46.6 Å². The number of hydrogen-bond donors (Lipinski definition) is 0. The smallest absolute Gasteiger partial charge is 0.273 e. The molecule has 1 saturated heterocycles. The fourth-order valence-corrected chi connectivity index (χ4v) is 5.43. The van der Waals surface area contributed by atoms with Gasteiger partial charge in [0, 0.05) is 22.8 Å². The van der Waals surface area contributed by atoms with Crippen LogP contribution < -0.4 is 19.5 Å². The van der Waals surface area contributed by atoms with Crippen LogP contribution in [-0.2, 0) is 9.53 Å². The molecular formula is C23H21N3O4S2. The van der Waals surface area contributed by atoms with Crippen LogP contribution in [0.3, 0.4) is 0 Å². The summed E-state index contributed by atoms with van der Waals surface area (Å²) in [5, 5.41) is 9.96. The molecule has 0 atom stereocenters. The lowest BCUT2D eigenvalue weighted by Crippen LogP contribution is -2.42. The van der Waals surface area contributed by atoms with Gasteiger partial charge in [0.15, 0.2) is 5.57 Å². The van der Waals surface area contributed by atoms with Gasteiger partial charge >= 0.3 is 0 Å². The van der Waals surface area contributed by atoms with E-state index in [1.807, 2.05) is 19.1 Å². The molecule has 0 unspecified atom stereocenters. The van der Waals surface area contributed by atoms with Crippen LogP contribution in [0.4, 0.5) is 0 Å². The van der Waals surface area contributed by atoms with Gasteiger partial charge in [0.05, 0.1) is 30.5 Å². The molecule has 0 bridgehead atoms. The van der Waals surface area contributed by atoms with Gasteiger partial charge in [-0.1, -0.05) is 12.1 Å². The highest BCUT2D eigenvalue weighted by molar-refractivity contribution is 7.13. The molecule has 1 aliphatic heterocycles. The standard InChI is InChI=1S/C23H21N3O4S2/c1-15-7-8-16(31-15)13-20-22(28)26(18-5-3-4-6-19(18)29-2)23(32-20)17(14-24)21(27)25-9-11-30-12-10-25/h3-8,13H,9-12H2,1-2H3/b20-13+,23-17-. The minimum Gasteiger partial charge on any atom is -0.495 e. The summed E-state index contributed by atoms with van der Waals surface area (Å²) in [7, 11) is 1.52. The van der Waals surface area contributed by atoms with Gasteiger partial charge in [-0.3, -0.25) is 14.2 Å². The van der Waals surface area contributed by atoms with E-state index < -0.39 is 5.91 Å². The Kier molecular flexibility index (Phi) is 6.55. The third-order valence-electron chi connectivity index (χ3n) is 5.02. The second-order valence-corrected chi connectivity index (χ2v) is 9.42. The molecule has 0 saturated carbocycles. The number of thiophene rings is 1. The zero-order chi connectivity index (χ0) is 22.7. The molecule has 3 aromatic rings. The van der Waals surface area contributed by atoms with Crippen molar-refractivity contribution in [3.8, 4) is 17.5 Å². The van der Waals surface area contributed by atoms with Crippen LogP contribution >= 0.6 is 22.7 Å². The van der Waals surface area contributed by atoms with Crippen molar-refractivity contribution in [2.45, 2.75) is 6.92 Å². The van der Waals surface area contributed by atoms with Gasteiger partial charge in [-0.25, -0.2) is 0 Å². The average Bonchev–Trinajstić information content (AvgIpc) is 3.37. The summed E-state index contributed by atoms with van der Waals surface area (Å²) in [4.78, 5) is 30.4. The lowest BCUT2D eigenvalue weighted by molar-refractivity contribution is -0.128. The first-order chi connectivity index (χ1) is 15.5. The summed E-state index contributed by atoms with van der Waals surface area (Å²) < 4.78 is 12.9. The van der Waals surface area contributed by atoms with E-state index in [9.17, 15) is 14.9 Å². The monoisotopic (exact) mass is 467 g/mol. The molecule has 0 spiro atoms. The van der Waals surface area contributed by atoms with Crippen molar-refractivity contribution in [3.63, 3.8) is 0 Å². The van der Waals surface area contributed by atoms with Crippen LogP contribution in [0, 0.1) is 18.3 Å². The summed E-state index contributed by atoms with van der Waals surface area (Å²) in [5.41, 5.74) is 0.112. The van der Waals surface area contributed by atoms with Gasteiger partial charge in [-0.15, -0.1) is 22.7 Å². The first-order valence-electron chi connectivity index (χ1n) is 9.98. The number of nitrogens with zero attached hydrogens (tertiary/aromatic N) is 3. The van der Waals surface area contributed by atoms with Crippen LogP contribution in [-0.4, -0.2) is 48.8 Å². The van der Waals surface area contributed by atoms with E-state index >= 15 is 0 Å². The molecule has 1 amide bonds. The Bertz CT molecular complexity index is 1370. The number of hydrogen-bond acceptors (Lipinski definition) is 7. The van der Waals surface area contributed by atoms with Gasteiger partial charge in [0.1, 0.15) is 16.5 Å². The van der Waals surface area contributed by atoms with Gasteiger partial charge in [0.2, 0.25) is 0 Å². The molecule has 164 valence electrons. The Labute approximate surface area is 192 Å². The van der Waals surface area contributed by atoms with Gasteiger partial charge in [0.25, 0.3) is 11.5 Å². The maximum absolute atomic E-state index is 13.5. The van der Waals surface area contributed by atoms with E-state index in [2.05, 4.69) is 6.07 Å². The molecule has 0 aliphatic carbocycles. The number of ether oxygens (including phenoxy) is 2. The van der Waals surface area contributed by atoms with Crippen molar-refractivity contribution < 1.29 is 14.3 Å². The summed E-state index contributed by atoms with van der Waals surface area (Å²) in [6, 6.07) is 13.1. The predicted octanol–water partition coefficient (Wildman–Crippen LogP) is 1.64. The highest BCUT2D eigenvalue weighted by Gasteiger charge is 2.24. The zero-order valence-electron chi connectivity index (χ0n) is 17.7. The fraction of sp³-hybridized carbons (Fsp3) is 0.261. The van der Waals surface area contributed by atoms with E-state index in [4.69, 9.17) is 9.47 Å². The Hall–Kier alpha value is -3.19. The van der Waals surface area contributed by atoms with Crippen LogP contribution in [0.25, 0.3) is 17.3 Å². The highest BCUT2D eigenvalue weighted by atomic mass is 32.1. The van der Waals surface area contributed by atoms with Crippen LogP contribution in [0.1, 0.15) is 9.75 Å². The lowest BCUT2D eigenvalue weighted by atomic mass is 10.2. The number of benzene rings is 1. The average molecular weight is 468 g/mol. The maximum atomic E-state index is 13.5. The Morgan fingerprint density at radius 3 is 2.59 bits per heavy atom. The van der Waals surface area contributed by atoms with Crippen molar-refractivity contribution in [3.05, 3.63) is 65.7 Å². The number of amides is 1. The van der Waals surface area contributed by atoms with Gasteiger partial charge in [-0.05, 0) is 37.3 Å². The van der Waals surface area contributed by atoms with Gasteiger partial charge in [-0.2, -0.15) is 5.26 Å². The number of carbonyl (C=O) groups excluding carboxylic acids is 1. The van der Waals surface area contributed by atoms with Crippen LogP contribution in [0.2, 0.25) is 0 Å². The third-order valence-corrected chi connectivity index (χ3v) is 7.06. The Morgan fingerprint density at radius 1 is 1.19 bits per heavy atom. The van der Waals surface area contributed by atoms with Gasteiger partial charge < -0.3 is 14.4 Å². The fourth-order valence-electron chi connectivity index (χ4n) is 3.46. The quantitative estimate of drug-likeness (QED) is 0.583. The molecule has 7 nitrogen and oxygen atoms in total. The van der Waals surface area contributed by atoms with Crippen molar-refractivity contribution >= 4 is 40.2 Å². The molecule has 0 radical (unpaired) electrons. The maximum Gasteiger partial charge on any atom is 0.273 e. The normalized spacial score (nSPS) is 15.4. The van der Waals surface area contributed by atoms with E-state index in [1.165, 1.54) is 11.7 Å². The summed E-state index contributed by atoms with van der Waals surface area (Å²) in [6.07, 6.45) is 1.80. The van der Waals surface area contributed by atoms with Crippen molar-refractivity contribution in [2.24, 2.45) is 0 Å². The second-order valence-electron chi connectivity index (χ2n) is 7.07. The SMILES string of the molecule is COc1ccccc1-n1c(=O)/c(=C\c2ccc(C)s2)s/c1=C(/C#N)C(=O)N1CCOCC1. The predicted molar refractivity (Wildman–Crippen MR) is 125 cm³/mol. The molecule has 3 heterocycles. The largest absolute Gasteiger partial charge is 0.495 e.